The number of para-hydroxylation sites is 1. The van der Waals surface area contributed by atoms with Gasteiger partial charge < -0.3 is 10.2 Å². The van der Waals surface area contributed by atoms with E-state index in [2.05, 4.69) is 37.2 Å². The minimum absolute atomic E-state index is 0.496. The van der Waals surface area contributed by atoms with E-state index in [-0.39, 0.29) is 0 Å². The van der Waals surface area contributed by atoms with Crippen LogP contribution in [0.1, 0.15) is 25.8 Å². The molecule has 1 rings (SSSR count). The van der Waals surface area contributed by atoms with Gasteiger partial charge in [-0.05, 0) is 32.0 Å². The normalized spacial score (nSPS) is 12.6. The second-order valence-corrected chi connectivity index (χ2v) is 4.55. The molecule has 2 nitrogen and oxygen atoms in total. The van der Waals surface area contributed by atoms with Crippen molar-refractivity contribution in [2.45, 2.75) is 32.9 Å². The van der Waals surface area contributed by atoms with E-state index in [1.165, 1.54) is 5.56 Å². The Morgan fingerprint density at radius 3 is 2.69 bits per heavy atom. The van der Waals surface area contributed by atoms with Crippen molar-refractivity contribution < 1.29 is 0 Å². The van der Waals surface area contributed by atoms with Crippen molar-refractivity contribution in [1.82, 2.24) is 5.32 Å². The molecule has 0 fully saturated rings. The monoisotopic (exact) mass is 240 g/mol. The number of halogens is 1. The van der Waals surface area contributed by atoms with E-state index in [1.54, 1.807) is 0 Å². The lowest BCUT2D eigenvalue weighted by atomic mass is 10.1. The molecule has 0 aliphatic heterocycles. The second-order valence-electron chi connectivity index (χ2n) is 4.15. The van der Waals surface area contributed by atoms with Gasteiger partial charge in [0.2, 0.25) is 0 Å². The predicted molar refractivity (Wildman–Crippen MR) is 72.4 cm³/mol. The number of anilines is 1. The summed E-state index contributed by atoms with van der Waals surface area (Å²) in [5.74, 6) is 0. The van der Waals surface area contributed by atoms with Crippen molar-refractivity contribution in [3.05, 3.63) is 28.8 Å². The van der Waals surface area contributed by atoms with Gasteiger partial charge in [0, 0.05) is 19.6 Å². The predicted octanol–water partition coefficient (Wildman–Crippen LogP) is 3.29. The van der Waals surface area contributed by atoms with Gasteiger partial charge in [-0.15, -0.1) is 0 Å². The van der Waals surface area contributed by atoms with E-state index in [9.17, 15) is 0 Å². The molecular formula is C13H21ClN2. The van der Waals surface area contributed by atoms with E-state index in [0.29, 0.717) is 6.04 Å². The van der Waals surface area contributed by atoms with Gasteiger partial charge in [-0.2, -0.15) is 0 Å². The number of nitrogens with one attached hydrogen (secondary N) is 1. The Hall–Kier alpha value is -0.730. The van der Waals surface area contributed by atoms with Crippen molar-refractivity contribution in [3.8, 4) is 0 Å². The molecule has 1 aromatic rings. The number of hydrogen-bond acceptors (Lipinski definition) is 2. The number of nitrogens with zero attached hydrogens (tertiary/aromatic N) is 1. The average Bonchev–Trinajstić information content (AvgIpc) is 2.28. The Bertz CT molecular complexity index is 339. The molecule has 90 valence electrons. The van der Waals surface area contributed by atoms with E-state index in [0.717, 1.165) is 23.7 Å². The van der Waals surface area contributed by atoms with E-state index >= 15 is 0 Å². The molecule has 1 atom stereocenters. The molecule has 0 amide bonds. The minimum Gasteiger partial charge on any atom is -0.370 e. The number of benzene rings is 1. The fraction of sp³-hybridized carbons (Fsp3) is 0.538. The van der Waals surface area contributed by atoms with Gasteiger partial charge in [0.25, 0.3) is 0 Å². The summed E-state index contributed by atoms with van der Waals surface area (Å²) in [6, 6.07) is 6.57. The number of hydrogen-bond donors (Lipinski definition) is 1. The van der Waals surface area contributed by atoms with Crippen LogP contribution < -0.4 is 10.2 Å². The third-order valence-electron chi connectivity index (χ3n) is 3.04. The van der Waals surface area contributed by atoms with Gasteiger partial charge in [0.15, 0.2) is 0 Å². The maximum atomic E-state index is 6.29. The van der Waals surface area contributed by atoms with Gasteiger partial charge in [0.05, 0.1) is 10.7 Å². The first-order chi connectivity index (χ1) is 7.61. The molecule has 1 unspecified atom stereocenters. The second kappa shape index (κ2) is 6.12. The van der Waals surface area contributed by atoms with Crippen LogP contribution in [0, 0.1) is 0 Å². The van der Waals surface area contributed by atoms with Gasteiger partial charge in [-0.3, -0.25) is 0 Å². The first-order valence-corrected chi connectivity index (χ1v) is 6.14. The Morgan fingerprint density at radius 2 is 2.12 bits per heavy atom. The van der Waals surface area contributed by atoms with E-state index in [4.69, 9.17) is 11.6 Å². The van der Waals surface area contributed by atoms with Crippen LogP contribution in [0.5, 0.6) is 0 Å². The van der Waals surface area contributed by atoms with Crippen molar-refractivity contribution >= 4 is 17.3 Å². The standard InChI is InChI=1S/C13H21ClN2/c1-5-10(2)16(4)13-11(9-15-3)7-6-8-12(13)14/h6-8,10,15H,5,9H2,1-4H3. The highest BCUT2D eigenvalue weighted by Gasteiger charge is 2.14. The first-order valence-electron chi connectivity index (χ1n) is 5.76. The smallest absolute Gasteiger partial charge is 0.0642 e. The molecule has 3 heteroatoms. The Labute approximate surface area is 104 Å². The van der Waals surface area contributed by atoms with Gasteiger partial charge in [-0.1, -0.05) is 30.7 Å². The Balaban J connectivity index is 3.08. The van der Waals surface area contributed by atoms with Crippen LogP contribution in [0.2, 0.25) is 5.02 Å². The highest BCUT2D eigenvalue weighted by molar-refractivity contribution is 6.33. The minimum atomic E-state index is 0.496. The van der Waals surface area contributed by atoms with E-state index in [1.807, 2.05) is 19.2 Å². The Kier molecular flexibility index (Phi) is 5.10. The molecule has 0 radical (unpaired) electrons. The summed E-state index contributed by atoms with van der Waals surface area (Å²) >= 11 is 6.29. The zero-order valence-corrected chi connectivity index (χ0v) is 11.3. The molecule has 0 saturated carbocycles. The lowest BCUT2D eigenvalue weighted by Gasteiger charge is -2.29. The quantitative estimate of drug-likeness (QED) is 0.850. The van der Waals surface area contributed by atoms with Crippen LogP contribution in [-0.4, -0.2) is 20.1 Å². The summed E-state index contributed by atoms with van der Waals surface area (Å²) in [4.78, 5) is 2.26. The van der Waals surface area contributed by atoms with Crippen LogP contribution in [0.25, 0.3) is 0 Å². The summed E-state index contributed by atoms with van der Waals surface area (Å²) in [6.07, 6.45) is 1.11. The maximum Gasteiger partial charge on any atom is 0.0642 e. The van der Waals surface area contributed by atoms with Crippen molar-refractivity contribution in [1.29, 1.82) is 0 Å². The maximum absolute atomic E-state index is 6.29. The average molecular weight is 241 g/mol. The third-order valence-corrected chi connectivity index (χ3v) is 3.35. The highest BCUT2D eigenvalue weighted by Crippen LogP contribution is 2.30. The summed E-state index contributed by atoms with van der Waals surface area (Å²) < 4.78 is 0. The van der Waals surface area contributed by atoms with Crippen molar-refractivity contribution in [3.63, 3.8) is 0 Å². The molecule has 16 heavy (non-hydrogen) atoms. The zero-order valence-electron chi connectivity index (χ0n) is 10.5. The fourth-order valence-electron chi connectivity index (χ4n) is 1.78. The van der Waals surface area contributed by atoms with Crippen LogP contribution in [0.4, 0.5) is 5.69 Å². The molecule has 0 saturated heterocycles. The van der Waals surface area contributed by atoms with Crippen LogP contribution in [0.3, 0.4) is 0 Å². The number of rotatable bonds is 5. The molecule has 1 N–H and O–H groups in total. The molecule has 0 spiro atoms. The van der Waals surface area contributed by atoms with Gasteiger partial charge in [0.1, 0.15) is 0 Å². The molecule has 1 aromatic carbocycles. The molecule has 0 heterocycles. The van der Waals surface area contributed by atoms with Crippen LogP contribution >= 0.6 is 11.6 Å². The molecule has 0 aliphatic rings. The van der Waals surface area contributed by atoms with Gasteiger partial charge >= 0.3 is 0 Å². The Morgan fingerprint density at radius 1 is 1.44 bits per heavy atom. The van der Waals surface area contributed by atoms with Crippen molar-refractivity contribution in [2.24, 2.45) is 0 Å². The topological polar surface area (TPSA) is 15.3 Å². The molecule has 0 aromatic heterocycles. The summed E-state index contributed by atoms with van der Waals surface area (Å²) in [6.45, 7) is 5.25. The highest BCUT2D eigenvalue weighted by atomic mass is 35.5. The van der Waals surface area contributed by atoms with Gasteiger partial charge in [-0.25, -0.2) is 0 Å². The lowest BCUT2D eigenvalue weighted by molar-refractivity contribution is 0.659. The van der Waals surface area contributed by atoms with Crippen molar-refractivity contribution in [2.75, 3.05) is 19.0 Å². The lowest BCUT2D eigenvalue weighted by Crippen LogP contribution is -2.29. The SMILES string of the molecule is CCC(C)N(C)c1c(Cl)cccc1CNC. The third kappa shape index (κ3) is 2.89. The van der Waals surface area contributed by atoms with E-state index < -0.39 is 0 Å². The molecule has 0 bridgehead atoms. The fourth-order valence-corrected chi connectivity index (χ4v) is 2.11. The van der Waals surface area contributed by atoms with Crippen LogP contribution in [-0.2, 0) is 6.54 Å². The first kappa shape index (κ1) is 13.3. The summed E-state index contributed by atoms with van der Waals surface area (Å²) in [5.41, 5.74) is 2.39. The molecule has 0 aliphatic carbocycles. The molecular weight excluding hydrogens is 220 g/mol. The zero-order chi connectivity index (χ0) is 12.1. The summed E-state index contributed by atoms with van der Waals surface area (Å²) in [5, 5.41) is 4.01. The largest absolute Gasteiger partial charge is 0.370 e. The summed E-state index contributed by atoms with van der Waals surface area (Å²) in [7, 11) is 4.06. The van der Waals surface area contributed by atoms with Crippen LogP contribution in [0.15, 0.2) is 18.2 Å².